The number of aromatic amines is 1. The average molecular weight is 517 g/mol. The first kappa shape index (κ1) is 24.9. The fourth-order valence-electron chi connectivity index (χ4n) is 4.14. The monoisotopic (exact) mass is 516 g/mol. The van der Waals surface area contributed by atoms with Crippen molar-refractivity contribution in [3.63, 3.8) is 0 Å². The molecule has 0 fully saturated rings. The maximum atomic E-state index is 15.1. The van der Waals surface area contributed by atoms with E-state index in [0.29, 0.717) is 33.9 Å². The Balaban J connectivity index is 1.37. The van der Waals surface area contributed by atoms with Crippen LogP contribution in [0.2, 0.25) is 0 Å². The summed E-state index contributed by atoms with van der Waals surface area (Å²) in [5.74, 6) is -0.420. The van der Waals surface area contributed by atoms with Crippen molar-refractivity contribution in [3.8, 4) is 17.2 Å². The van der Waals surface area contributed by atoms with Gasteiger partial charge in [-0.05, 0) is 36.8 Å². The number of anilines is 1. The molecule has 194 valence electrons. The van der Waals surface area contributed by atoms with E-state index in [1.165, 1.54) is 29.2 Å². The van der Waals surface area contributed by atoms with Crippen LogP contribution in [0.25, 0.3) is 16.7 Å². The highest BCUT2D eigenvalue weighted by molar-refractivity contribution is 5.97. The number of Topliss-reactive ketones (excluding diaryl/α,β-unsaturated/α-hetero) is 1. The van der Waals surface area contributed by atoms with Gasteiger partial charge in [-0.3, -0.25) is 19.4 Å². The maximum Gasteiger partial charge on any atom is 0.282 e. The van der Waals surface area contributed by atoms with Crippen LogP contribution in [0.15, 0.2) is 71.8 Å². The van der Waals surface area contributed by atoms with Gasteiger partial charge in [0.05, 0.1) is 12.3 Å². The standard InChI is InChI=1S/C27H25FN6O4/c1-16(15-35)30-26-24-23(10-11-29-25(24)31-32-26)38-22-9-8-17(12-20(22)28)13-21(36)19-14-33(2)34(27(19)37)18-6-4-3-5-7-18/h3-12,14,16,35H,13,15H2,1-2H3,(H2,29,30,31,32)/t16-/m1/s1. The Labute approximate surface area is 216 Å². The van der Waals surface area contributed by atoms with E-state index >= 15 is 4.39 Å². The molecule has 38 heavy (non-hydrogen) atoms. The van der Waals surface area contributed by atoms with E-state index < -0.39 is 17.2 Å². The molecule has 11 heteroatoms. The Morgan fingerprint density at radius 2 is 1.97 bits per heavy atom. The molecule has 0 amide bonds. The van der Waals surface area contributed by atoms with E-state index in [9.17, 15) is 14.7 Å². The van der Waals surface area contributed by atoms with Crippen molar-refractivity contribution >= 4 is 22.6 Å². The molecule has 0 saturated heterocycles. The first-order valence-corrected chi connectivity index (χ1v) is 11.9. The Kier molecular flexibility index (Phi) is 6.75. The normalized spacial score (nSPS) is 12.0. The highest BCUT2D eigenvalue weighted by atomic mass is 19.1. The van der Waals surface area contributed by atoms with Crippen LogP contribution >= 0.6 is 0 Å². The third kappa shape index (κ3) is 4.78. The van der Waals surface area contributed by atoms with Gasteiger partial charge < -0.3 is 15.2 Å². The number of hydrogen-bond donors (Lipinski definition) is 3. The van der Waals surface area contributed by atoms with E-state index in [4.69, 9.17) is 4.74 Å². The van der Waals surface area contributed by atoms with Crippen molar-refractivity contribution in [1.29, 1.82) is 0 Å². The first-order chi connectivity index (χ1) is 18.4. The second-order valence-corrected chi connectivity index (χ2v) is 8.87. The minimum absolute atomic E-state index is 0.0216. The van der Waals surface area contributed by atoms with E-state index in [1.807, 2.05) is 6.07 Å². The van der Waals surface area contributed by atoms with Crippen LogP contribution in [0.5, 0.6) is 11.5 Å². The summed E-state index contributed by atoms with van der Waals surface area (Å²) in [5, 5.41) is 19.9. The summed E-state index contributed by atoms with van der Waals surface area (Å²) in [6, 6.07) is 14.5. The van der Waals surface area contributed by atoms with Gasteiger partial charge in [-0.25, -0.2) is 14.1 Å². The number of pyridine rings is 1. The molecule has 5 rings (SSSR count). The van der Waals surface area contributed by atoms with Crippen molar-refractivity contribution in [2.75, 3.05) is 11.9 Å². The molecule has 5 aromatic rings. The number of para-hydroxylation sites is 1. The van der Waals surface area contributed by atoms with E-state index in [1.54, 1.807) is 55.1 Å². The van der Waals surface area contributed by atoms with Crippen molar-refractivity contribution in [2.24, 2.45) is 7.05 Å². The van der Waals surface area contributed by atoms with Crippen LogP contribution in [-0.2, 0) is 13.5 Å². The van der Waals surface area contributed by atoms with E-state index in [2.05, 4.69) is 20.5 Å². The van der Waals surface area contributed by atoms with Gasteiger partial charge in [0.2, 0.25) is 0 Å². The molecule has 0 saturated carbocycles. The van der Waals surface area contributed by atoms with Gasteiger partial charge in [-0.1, -0.05) is 24.3 Å². The number of aliphatic hydroxyl groups is 1. The number of nitrogens with one attached hydrogen (secondary N) is 2. The fraction of sp³-hybridized carbons (Fsp3) is 0.185. The molecule has 0 spiro atoms. The molecule has 0 aliphatic heterocycles. The summed E-state index contributed by atoms with van der Waals surface area (Å²) < 4.78 is 23.9. The molecule has 3 aromatic heterocycles. The molecule has 0 aliphatic carbocycles. The lowest BCUT2D eigenvalue weighted by Crippen LogP contribution is -2.23. The van der Waals surface area contributed by atoms with Crippen LogP contribution in [0, 0.1) is 5.82 Å². The Morgan fingerprint density at radius 1 is 1.18 bits per heavy atom. The predicted octanol–water partition coefficient (Wildman–Crippen LogP) is 3.60. The molecular formula is C27H25FN6O4. The molecule has 0 radical (unpaired) electrons. The van der Waals surface area contributed by atoms with Crippen LogP contribution in [0.3, 0.4) is 0 Å². The molecule has 2 aromatic carbocycles. The number of aliphatic hydroxyl groups excluding tert-OH is 1. The number of nitrogens with zero attached hydrogens (tertiary/aromatic N) is 4. The minimum atomic E-state index is -0.670. The number of benzene rings is 2. The number of hydrogen-bond acceptors (Lipinski definition) is 7. The lowest BCUT2D eigenvalue weighted by Gasteiger charge is -2.12. The minimum Gasteiger partial charge on any atom is -0.453 e. The molecule has 10 nitrogen and oxygen atoms in total. The Morgan fingerprint density at radius 3 is 2.71 bits per heavy atom. The van der Waals surface area contributed by atoms with E-state index in [0.717, 1.165) is 0 Å². The molecule has 3 heterocycles. The number of halogens is 1. The second kappa shape index (κ2) is 10.3. The summed E-state index contributed by atoms with van der Waals surface area (Å²) in [7, 11) is 1.68. The predicted molar refractivity (Wildman–Crippen MR) is 140 cm³/mol. The van der Waals surface area contributed by atoms with Gasteiger partial charge in [-0.2, -0.15) is 5.10 Å². The van der Waals surface area contributed by atoms with Crippen molar-refractivity contribution in [2.45, 2.75) is 19.4 Å². The summed E-state index contributed by atoms with van der Waals surface area (Å²) in [6.07, 6.45) is 2.83. The van der Waals surface area contributed by atoms with Crippen molar-refractivity contribution < 1.29 is 19.0 Å². The van der Waals surface area contributed by atoms with Gasteiger partial charge in [0.15, 0.2) is 28.8 Å². The zero-order chi connectivity index (χ0) is 26.8. The first-order valence-electron chi connectivity index (χ1n) is 11.9. The zero-order valence-corrected chi connectivity index (χ0v) is 20.7. The SMILES string of the molecule is C[C@H](CO)Nc1n[nH]c2nccc(Oc3ccc(CC(=O)c4cn(C)n(-c5ccccc5)c4=O)cc3F)c12. The van der Waals surface area contributed by atoms with Crippen molar-refractivity contribution in [3.05, 3.63) is 94.3 Å². The third-order valence-electron chi connectivity index (χ3n) is 6.02. The largest absolute Gasteiger partial charge is 0.453 e. The number of carbonyl (C=O) groups excluding carboxylic acids is 1. The molecule has 1 atom stereocenters. The number of aryl methyl sites for hydroxylation is 1. The maximum absolute atomic E-state index is 15.1. The molecule has 3 N–H and O–H groups in total. The number of carbonyl (C=O) groups is 1. The summed E-state index contributed by atoms with van der Waals surface area (Å²) in [6.45, 7) is 1.67. The highest BCUT2D eigenvalue weighted by Crippen LogP contribution is 2.34. The lowest BCUT2D eigenvalue weighted by molar-refractivity contribution is 0.0991. The van der Waals surface area contributed by atoms with Crippen LogP contribution < -0.4 is 15.6 Å². The fourth-order valence-corrected chi connectivity index (χ4v) is 4.14. The lowest BCUT2D eigenvalue weighted by atomic mass is 10.1. The third-order valence-corrected chi connectivity index (χ3v) is 6.02. The highest BCUT2D eigenvalue weighted by Gasteiger charge is 2.20. The molecule has 0 bridgehead atoms. The molecule has 0 unspecified atom stereocenters. The summed E-state index contributed by atoms with van der Waals surface area (Å²) >= 11 is 0. The van der Waals surface area contributed by atoms with Crippen LogP contribution in [-0.4, -0.2) is 48.1 Å². The van der Waals surface area contributed by atoms with Gasteiger partial charge in [0.1, 0.15) is 16.7 Å². The van der Waals surface area contributed by atoms with Crippen molar-refractivity contribution in [1.82, 2.24) is 24.5 Å². The number of ether oxygens (including phenoxy) is 1. The number of rotatable bonds is 9. The van der Waals surface area contributed by atoms with Crippen LogP contribution in [0.4, 0.5) is 10.2 Å². The Bertz CT molecular complexity index is 1670. The summed E-state index contributed by atoms with van der Waals surface area (Å²) in [4.78, 5) is 30.1. The molecular weight excluding hydrogens is 491 g/mol. The topological polar surface area (TPSA) is 127 Å². The number of ketones is 1. The molecule has 0 aliphatic rings. The van der Waals surface area contributed by atoms with Crippen LogP contribution in [0.1, 0.15) is 22.8 Å². The average Bonchev–Trinajstić information content (AvgIpc) is 3.46. The van der Waals surface area contributed by atoms with Gasteiger partial charge in [0.25, 0.3) is 5.56 Å². The van der Waals surface area contributed by atoms with E-state index in [-0.39, 0.29) is 30.4 Å². The number of H-pyrrole nitrogens is 1. The second-order valence-electron chi connectivity index (χ2n) is 8.87. The number of fused-ring (bicyclic) bond motifs is 1. The summed E-state index contributed by atoms with van der Waals surface area (Å²) in [5.41, 5.74) is 1.05. The smallest absolute Gasteiger partial charge is 0.282 e. The zero-order valence-electron chi connectivity index (χ0n) is 20.7. The Hall–Kier alpha value is -4.77. The quantitative estimate of drug-likeness (QED) is 0.256. The van der Waals surface area contributed by atoms with Gasteiger partial charge in [0, 0.05) is 38.0 Å². The van der Waals surface area contributed by atoms with Gasteiger partial charge in [-0.15, -0.1) is 0 Å². The van der Waals surface area contributed by atoms with Gasteiger partial charge >= 0.3 is 0 Å². The number of aromatic nitrogens is 5.